The second-order valence-corrected chi connectivity index (χ2v) is 7.11. The first kappa shape index (κ1) is 17.5. The summed E-state index contributed by atoms with van der Waals surface area (Å²) < 4.78 is 10.7. The van der Waals surface area contributed by atoms with Gasteiger partial charge in [-0.3, -0.25) is 0 Å². The number of anilines is 1. The van der Waals surface area contributed by atoms with E-state index in [0.29, 0.717) is 48.7 Å². The molecule has 1 aliphatic rings. The molecule has 0 saturated carbocycles. The minimum atomic E-state index is -0.497. The highest BCUT2D eigenvalue weighted by molar-refractivity contribution is 6.29. The van der Waals surface area contributed by atoms with Crippen molar-refractivity contribution < 1.29 is 14.1 Å². The van der Waals surface area contributed by atoms with Gasteiger partial charge in [-0.1, -0.05) is 11.6 Å². The maximum Gasteiger partial charge on any atom is 0.410 e. The molecule has 0 radical (unpaired) electrons. The van der Waals surface area contributed by atoms with Crippen LogP contribution in [0.2, 0.25) is 5.15 Å². The molecule has 1 amide bonds. The van der Waals surface area contributed by atoms with Gasteiger partial charge in [0.2, 0.25) is 0 Å². The molecule has 8 nitrogen and oxygen atoms in total. The number of nitrogens with zero attached hydrogens (tertiary/aromatic N) is 5. The molecule has 1 saturated heterocycles. The monoisotopic (exact) mass is 365 g/mol. The quantitative estimate of drug-likeness (QED) is 0.756. The lowest BCUT2D eigenvalue weighted by atomic mass is 10.2. The van der Waals surface area contributed by atoms with E-state index in [9.17, 15) is 4.79 Å². The Labute approximate surface area is 150 Å². The molecule has 2 aromatic heterocycles. The zero-order valence-corrected chi connectivity index (χ0v) is 15.2. The first-order chi connectivity index (χ1) is 11.8. The Kier molecular flexibility index (Phi) is 4.80. The van der Waals surface area contributed by atoms with Crippen molar-refractivity contribution in [1.82, 2.24) is 20.0 Å². The van der Waals surface area contributed by atoms with Gasteiger partial charge in [-0.05, 0) is 38.1 Å². The molecule has 0 spiro atoms. The van der Waals surface area contributed by atoms with Crippen LogP contribution < -0.4 is 4.90 Å². The lowest BCUT2D eigenvalue weighted by Crippen LogP contribution is -2.50. The fraction of sp³-hybridized carbons (Fsp3) is 0.500. The fourth-order valence-corrected chi connectivity index (χ4v) is 2.59. The summed E-state index contributed by atoms with van der Waals surface area (Å²) in [5, 5.41) is 4.38. The second-order valence-electron chi connectivity index (χ2n) is 6.72. The van der Waals surface area contributed by atoms with Crippen molar-refractivity contribution in [2.24, 2.45) is 0 Å². The van der Waals surface area contributed by atoms with Crippen LogP contribution in [0.3, 0.4) is 0 Å². The summed E-state index contributed by atoms with van der Waals surface area (Å²) in [4.78, 5) is 24.1. The number of pyridine rings is 1. The second kappa shape index (κ2) is 6.87. The topological polar surface area (TPSA) is 84.6 Å². The third-order valence-corrected chi connectivity index (χ3v) is 3.81. The first-order valence-electron chi connectivity index (χ1n) is 8.00. The molecule has 0 aromatic carbocycles. The molecule has 2 aromatic rings. The summed E-state index contributed by atoms with van der Waals surface area (Å²) in [6, 6.07) is 3.42. The minimum absolute atomic E-state index is 0.299. The van der Waals surface area contributed by atoms with Crippen LogP contribution in [-0.2, 0) is 4.74 Å². The van der Waals surface area contributed by atoms with Crippen molar-refractivity contribution in [2.75, 3.05) is 31.1 Å². The van der Waals surface area contributed by atoms with E-state index in [1.54, 1.807) is 23.2 Å². The van der Waals surface area contributed by atoms with Crippen LogP contribution in [0.5, 0.6) is 0 Å². The average Bonchev–Trinajstić information content (AvgIpc) is 3.03. The number of halogens is 1. The molecular formula is C16H20ClN5O3. The van der Waals surface area contributed by atoms with Gasteiger partial charge in [0.1, 0.15) is 10.8 Å². The predicted octanol–water partition coefficient (Wildman–Crippen LogP) is 2.84. The molecule has 9 heteroatoms. The molecule has 3 rings (SSSR count). The van der Waals surface area contributed by atoms with Gasteiger partial charge < -0.3 is 19.1 Å². The Balaban J connectivity index is 1.61. The van der Waals surface area contributed by atoms with Crippen LogP contribution in [0.15, 0.2) is 22.9 Å². The zero-order valence-electron chi connectivity index (χ0n) is 14.4. The van der Waals surface area contributed by atoms with E-state index in [0.717, 1.165) is 0 Å². The lowest BCUT2D eigenvalue weighted by molar-refractivity contribution is 0.0240. The summed E-state index contributed by atoms with van der Waals surface area (Å²) in [6.45, 7) is 7.86. The van der Waals surface area contributed by atoms with Gasteiger partial charge in [-0.25, -0.2) is 9.78 Å². The van der Waals surface area contributed by atoms with Gasteiger partial charge in [0.05, 0.1) is 0 Å². The molecule has 0 bridgehead atoms. The Hall–Kier alpha value is -2.35. The van der Waals surface area contributed by atoms with Crippen molar-refractivity contribution in [3.05, 3.63) is 23.5 Å². The number of piperazine rings is 1. The molecule has 0 unspecified atom stereocenters. The van der Waals surface area contributed by atoms with Crippen molar-refractivity contribution in [2.45, 2.75) is 26.4 Å². The van der Waals surface area contributed by atoms with Gasteiger partial charge in [-0.2, -0.15) is 4.98 Å². The zero-order chi connectivity index (χ0) is 18.0. The molecule has 25 heavy (non-hydrogen) atoms. The van der Waals surface area contributed by atoms with Gasteiger partial charge in [0, 0.05) is 37.9 Å². The van der Waals surface area contributed by atoms with E-state index >= 15 is 0 Å². The number of amides is 1. The summed E-state index contributed by atoms with van der Waals surface area (Å²) in [5.74, 6) is 0.876. The van der Waals surface area contributed by atoms with Crippen LogP contribution in [-0.4, -0.2) is 57.9 Å². The van der Waals surface area contributed by atoms with E-state index in [2.05, 4.69) is 15.1 Å². The maximum atomic E-state index is 12.1. The third-order valence-electron chi connectivity index (χ3n) is 3.60. The first-order valence-corrected chi connectivity index (χ1v) is 8.38. The Morgan fingerprint density at radius 2 is 2.00 bits per heavy atom. The van der Waals surface area contributed by atoms with Crippen molar-refractivity contribution in [3.8, 4) is 11.5 Å². The standard InChI is InChI=1S/C16H20ClN5O3/c1-16(2,3)24-15(23)22-8-6-21(7-9-22)14-19-13(25-20-14)11-4-5-18-12(17)10-11/h4-5,10H,6-9H2,1-3H3. The SMILES string of the molecule is CC(C)(C)OC(=O)N1CCN(c2noc(-c3ccnc(Cl)c3)n2)CC1. The van der Waals surface area contributed by atoms with Crippen molar-refractivity contribution >= 4 is 23.6 Å². The summed E-state index contributed by atoms with van der Waals surface area (Å²) >= 11 is 5.88. The number of hydrogen-bond acceptors (Lipinski definition) is 7. The van der Waals surface area contributed by atoms with E-state index < -0.39 is 5.60 Å². The van der Waals surface area contributed by atoms with Crippen LogP contribution in [0, 0.1) is 0 Å². The summed E-state index contributed by atoms with van der Waals surface area (Å²) in [6.07, 6.45) is 1.29. The van der Waals surface area contributed by atoms with E-state index in [1.807, 2.05) is 25.7 Å². The van der Waals surface area contributed by atoms with E-state index in [1.165, 1.54) is 0 Å². The molecule has 134 valence electrons. The normalized spacial score (nSPS) is 15.4. The highest BCUT2D eigenvalue weighted by Crippen LogP contribution is 2.22. The maximum absolute atomic E-state index is 12.1. The number of carbonyl (C=O) groups is 1. The highest BCUT2D eigenvalue weighted by atomic mass is 35.5. The summed E-state index contributed by atoms with van der Waals surface area (Å²) in [7, 11) is 0. The lowest BCUT2D eigenvalue weighted by Gasteiger charge is -2.34. The number of rotatable bonds is 2. The molecule has 0 aliphatic carbocycles. The number of carbonyl (C=O) groups excluding carboxylic acids is 1. The van der Waals surface area contributed by atoms with Gasteiger partial charge >= 0.3 is 6.09 Å². The Bertz CT molecular complexity index is 750. The van der Waals surface area contributed by atoms with Crippen LogP contribution in [0.25, 0.3) is 11.5 Å². The minimum Gasteiger partial charge on any atom is -0.444 e. The Morgan fingerprint density at radius 1 is 1.28 bits per heavy atom. The highest BCUT2D eigenvalue weighted by Gasteiger charge is 2.27. The van der Waals surface area contributed by atoms with Crippen molar-refractivity contribution in [1.29, 1.82) is 0 Å². The van der Waals surface area contributed by atoms with Gasteiger partial charge in [0.15, 0.2) is 0 Å². The Morgan fingerprint density at radius 3 is 2.64 bits per heavy atom. The van der Waals surface area contributed by atoms with Crippen LogP contribution >= 0.6 is 11.6 Å². The van der Waals surface area contributed by atoms with Crippen LogP contribution in [0.4, 0.5) is 10.7 Å². The number of ether oxygens (including phenoxy) is 1. The van der Waals surface area contributed by atoms with Gasteiger partial charge in [-0.15, -0.1) is 0 Å². The largest absolute Gasteiger partial charge is 0.444 e. The predicted molar refractivity (Wildman–Crippen MR) is 92.6 cm³/mol. The smallest absolute Gasteiger partial charge is 0.410 e. The third kappa shape index (κ3) is 4.39. The summed E-state index contributed by atoms with van der Waals surface area (Å²) in [5.41, 5.74) is 0.217. The van der Waals surface area contributed by atoms with Crippen LogP contribution in [0.1, 0.15) is 20.8 Å². The van der Waals surface area contributed by atoms with Crippen molar-refractivity contribution in [3.63, 3.8) is 0 Å². The number of hydrogen-bond donors (Lipinski definition) is 0. The van der Waals surface area contributed by atoms with E-state index in [-0.39, 0.29) is 6.09 Å². The molecule has 1 fully saturated rings. The van der Waals surface area contributed by atoms with Gasteiger partial charge in [0.25, 0.3) is 11.8 Å². The molecule has 3 heterocycles. The molecular weight excluding hydrogens is 346 g/mol. The van der Waals surface area contributed by atoms with E-state index in [4.69, 9.17) is 20.9 Å². The molecule has 0 N–H and O–H groups in total. The molecule has 0 atom stereocenters. The number of aromatic nitrogens is 3. The fourth-order valence-electron chi connectivity index (χ4n) is 2.41. The molecule has 1 aliphatic heterocycles. The average molecular weight is 366 g/mol.